The second kappa shape index (κ2) is 11.2. The summed E-state index contributed by atoms with van der Waals surface area (Å²) < 4.78 is 11.6. The molecule has 0 aliphatic carbocycles. The molecule has 3 amide bonds. The largest absolute Gasteiger partial charge is 0.486 e. The first-order valence-electron chi connectivity index (χ1n) is 10.5. The van der Waals surface area contributed by atoms with Crippen molar-refractivity contribution >= 4 is 24.3 Å². The molecule has 0 spiro atoms. The molecule has 0 radical (unpaired) electrons. The number of amides is 3. The number of aliphatic hydroxyl groups is 1. The Morgan fingerprint density at radius 2 is 1.69 bits per heavy atom. The molecule has 172 valence electrons. The molecular formula is C23H28ClN3O5. The Kier molecular flexibility index (Phi) is 8.33. The Morgan fingerprint density at radius 3 is 2.41 bits per heavy atom. The zero-order chi connectivity index (χ0) is 21.6. The monoisotopic (exact) mass is 461 g/mol. The molecule has 8 nitrogen and oxygen atoms in total. The zero-order valence-corrected chi connectivity index (χ0v) is 18.4. The van der Waals surface area contributed by atoms with Gasteiger partial charge in [0.05, 0.1) is 0 Å². The number of urea groups is 1. The number of hydrogen-bond acceptors (Lipinski definition) is 6. The van der Waals surface area contributed by atoms with Gasteiger partial charge < -0.3 is 24.8 Å². The van der Waals surface area contributed by atoms with Gasteiger partial charge in [-0.2, -0.15) is 0 Å². The van der Waals surface area contributed by atoms with E-state index in [1.54, 1.807) is 24.3 Å². The van der Waals surface area contributed by atoms with Gasteiger partial charge in [-0.1, -0.05) is 30.3 Å². The molecule has 2 heterocycles. The first-order valence-corrected chi connectivity index (χ1v) is 10.5. The van der Waals surface area contributed by atoms with E-state index in [1.807, 2.05) is 30.3 Å². The molecule has 2 unspecified atom stereocenters. The van der Waals surface area contributed by atoms with E-state index in [4.69, 9.17) is 9.47 Å². The maximum Gasteiger partial charge on any atom is 0.321 e. The lowest BCUT2D eigenvalue weighted by atomic mass is 10.0. The Hall–Kier alpha value is -2.81. The van der Waals surface area contributed by atoms with E-state index in [-0.39, 0.29) is 18.4 Å². The molecule has 0 saturated carbocycles. The topological polar surface area (TPSA) is 100 Å². The van der Waals surface area contributed by atoms with Crippen molar-refractivity contribution in [2.75, 3.05) is 26.2 Å². The molecule has 2 atom stereocenters. The Bertz CT molecular complexity index is 906. The summed E-state index contributed by atoms with van der Waals surface area (Å²) in [6.07, 6.45) is 0.389. The lowest BCUT2D eigenvalue weighted by Crippen LogP contribution is -2.52. The van der Waals surface area contributed by atoms with Crippen LogP contribution in [0.2, 0.25) is 0 Å². The predicted octanol–water partition coefficient (Wildman–Crippen LogP) is 2.21. The fraction of sp³-hybridized carbons (Fsp3) is 0.391. The second-order valence-electron chi connectivity index (χ2n) is 7.85. The number of piperidine rings is 1. The van der Waals surface area contributed by atoms with Gasteiger partial charge in [-0.25, -0.2) is 4.79 Å². The molecule has 1 fully saturated rings. The molecule has 0 bridgehead atoms. The average Bonchev–Trinajstić information content (AvgIpc) is 2.80. The third kappa shape index (κ3) is 6.12. The van der Waals surface area contributed by atoms with Crippen LogP contribution < -0.4 is 20.1 Å². The van der Waals surface area contributed by atoms with Crippen molar-refractivity contribution in [2.24, 2.45) is 0 Å². The van der Waals surface area contributed by atoms with E-state index in [1.165, 1.54) is 0 Å². The number of fused-ring (bicyclic) bond motifs is 1. The van der Waals surface area contributed by atoms with Gasteiger partial charge in [0.15, 0.2) is 17.6 Å². The molecule has 2 aromatic rings. The summed E-state index contributed by atoms with van der Waals surface area (Å²) in [5.74, 6) is 0.925. The van der Waals surface area contributed by atoms with Crippen LogP contribution in [0, 0.1) is 0 Å². The number of nitrogens with one attached hydrogen (secondary N) is 2. The van der Waals surface area contributed by atoms with Gasteiger partial charge in [0.25, 0.3) is 5.91 Å². The molecule has 4 rings (SSSR count). The van der Waals surface area contributed by atoms with E-state index in [0.717, 1.165) is 25.9 Å². The van der Waals surface area contributed by atoms with Crippen molar-refractivity contribution < 1.29 is 24.2 Å². The van der Waals surface area contributed by atoms with E-state index < -0.39 is 24.1 Å². The van der Waals surface area contributed by atoms with Crippen LogP contribution in [0.5, 0.6) is 11.5 Å². The number of β-amino-alcohol motifs (C(OH)–C–C–N with tert-alkyl or cyclic N) is 1. The Labute approximate surface area is 193 Å². The molecular weight excluding hydrogens is 434 g/mol. The van der Waals surface area contributed by atoms with Crippen molar-refractivity contribution in [3.8, 4) is 11.5 Å². The average molecular weight is 462 g/mol. The molecule has 2 aliphatic heterocycles. The molecule has 2 aromatic carbocycles. The van der Waals surface area contributed by atoms with Crippen molar-refractivity contribution in [2.45, 2.75) is 31.1 Å². The lowest BCUT2D eigenvalue weighted by molar-refractivity contribution is -0.0282. The normalized spacial score (nSPS) is 19.3. The molecule has 32 heavy (non-hydrogen) atoms. The number of carbonyl (C=O) groups is 2. The van der Waals surface area contributed by atoms with Crippen LogP contribution in [0.15, 0.2) is 54.6 Å². The minimum Gasteiger partial charge on any atom is -0.486 e. The number of rotatable bonds is 5. The minimum atomic E-state index is -0.676. The van der Waals surface area contributed by atoms with Crippen LogP contribution in [0.25, 0.3) is 0 Å². The number of benzene rings is 2. The van der Waals surface area contributed by atoms with Crippen LogP contribution in [-0.4, -0.2) is 66.4 Å². The number of halogens is 1. The number of hydrogen-bond donors (Lipinski definition) is 3. The molecule has 9 heteroatoms. The summed E-state index contributed by atoms with van der Waals surface area (Å²) in [6, 6.07) is 15.6. The van der Waals surface area contributed by atoms with Gasteiger partial charge in [0.1, 0.15) is 12.7 Å². The number of imide groups is 1. The van der Waals surface area contributed by atoms with Crippen molar-refractivity contribution in [1.82, 2.24) is 15.5 Å². The van der Waals surface area contributed by atoms with Gasteiger partial charge in [-0.15, -0.1) is 12.4 Å². The highest BCUT2D eigenvalue weighted by Crippen LogP contribution is 2.31. The smallest absolute Gasteiger partial charge is 0.321 e. The predicted molar refractivity (Wildman–Crippen MR) is 122 cm³/mol. The number of aliphatic hydroxyl groups excluding tert-OH is 1. The highest BCUT2D eigenvalue weighted by atomic mass is 35.5. The van der Waals surface area contributed by atoms with Gasteiger partial charge in [0, 0.05) is 31.2 Å². The van der Waals surface area contributed by atoms with Crippen LogP contribution in [0.1, 0.15) is 23.2 Å². The molecule has 2 aliphatic rings. The minimum absolute atomic E-state index is 0. The summed E-state index contributed by atoms with van der Waals surface area (Å²) in [6.45, 7) is 2.25. The Morgan fingerprint density at radius 1 is 1.03 bits per heavy atom. The third-order valence-electron chi connectivity index (χ3n) is 5.59. The quantitative estimate of drug-likeness (QED) is 0.631. The van der Waals surface area contributed by atoms with Gasteiger partial charge in [-0.05, 0) is 37.1 Å². The first kappa shape index (κ1) is 23.8. The third-order valence-corrected chi connectivity index (χ3v) is 5.59. The lowest BCUT2D eigenvalue weighted by Gasteiger charge is -2.36. The van der Waals surface area contributed by atoms with E-state index in [0.29, 0.717) is 30.2 Å². The highest BCUT2D eigenvalue weighted by molar-refractivity contribution is 6.04. The fourth-order valence-electron chi connectivity index (χ4n) is 3.85. The van der Waals surface area contributed by atoms with Crippen LogP contribution in [0.4, 0.5) is 4.79 Å². The van der Waals surface area contributed by atoms with Crippen LogP contribution in [0.3, 0.4) is 0 Å². The SMILES string of the molecule is Cl.O=C(NC(=O)c1ccccc1)NC1CCN(CC(O)C2COc3ccccc3O2)CC1. The number of likely N-dealkylation sites (tertiary alicyclic amines) is 1. The highest BCUT2D eigenvalue weighted by Gasteiger charge is 2.30. The maximum atomic E-state index is 12.1. The summed E-state index contributed by atoms with van der Waals surface area (Å²) in [7, 11) is 0. The Balaban J connectivity index is 0.00000289. The van der Waals surface area contributed by atoms with Gasteiger partial charge in [-0.3, -0.25) is 10.1 Å². The van der Waals surface area contributed by atoms with E-state index in [9.17, 15) is 14.7 Å². The van der Waals surface area contributed by atoms with Gasteiger partial charge >= 0.3 is 6.03 Å². The van der Waals surface area contributed by atoms with E-state index >= 15 is 0 Å². The molecule has 1 saturated heterocycles. The van der Waals surface area contributed by atoms with Crippen molar-refractivity contribution in [1.29, 1.82) is 0 Å². The van der Waals surface area contributed by atoms with Crippen molar-refractivity contribution in [3.63, 3.8) is 0 Å². The van der Waals surface area contributed by atoms with Crippen LogP contribution in [-0.2, 0) is 0 Å². The maximum absolute atomic E-state index is 12.1. The number of carbonyl (C=O) groups excluding carboxylic acids is 2. The van der Waals surface area contributed by atoms with E-state index in [2.05, 4.69) is 15.5 Å². The number of ether oxygens (including phenoxy) is 2. The van der Waals surface area contributed by atoms with Crippen LogP contribution >= 0.6 is 12.4 Å². The second-order valence-corrected chi connectivity index (χ2v) is 7.85. The fourth-order valence-corrected chi connectivity index (χ4v) is 3.85. The summed E-state index contributed by atoms with van der Waals surface area (Å²) >= 11 is 0. The zero-order valence-electron chi connectivity index (χ0n) is 17.6. The number of para-hydroxylation sites is 2. The van der Waals surface area contributed by atoms with Gasteiger partial charge in [0.2, 0.25) is 0 Å². The number of nitrogens with zero attached hydrogens (tertiary/aromatic N) is 1. The molecule has 0 aromatic heterocycles. The molecule has 3 N–H and O–H groups in total. The summed E-state index contributed by atoms with van der Waals surface area (Å²) in [5, 5.41) is 15.8. The summed E-state index contributed by atoms with van der Waals surface area (Å²) in [4.78, 5) is 26.4. The summed E-state index contributed by atoms with van der Waals surface area (Å²) in [5.41, 5.74) is 0.443. The van der Waals surface area contributed by atoms with Crippen molar-refractivity contribution in [3.05, 3.63) is 60.2 Å². The standard InChI is InChI=1S/C23H27N3O5.ClH/c27-18(21-15-30-19-8-4-5-9-20(19)31-21)14-26-12-10-17(11-13-26)24-23(29)25-22(28)16-6-2-1-3-7-16;/h1-9,17-18,21,27H,10-15H2,(H2,24,25,28,29);1H. The first-order chi connectivity index (χ1) is 15.1.